The first kappa shape index (κ1) is 20.5. The highest BCUT2D eigenvalue weighted by Crippen LogP contribution is 2.43. The van der Waals surface area contributed by atoms with Crippen LogP contribution in [0.5, 0.6) is 5.75 Å². The fourth-order valence-electron chi connectivity index (χ4n) is 5.22. The van der Waals surface area contributed by atoms with Gasteiger partial charge in [-0.3, -0.25) is 9.59 Å². The largest absolute Gasteiger partial charge is 0.496 e. The minimum atomic E-state index is -0.707. The van der Waals surface area contributed by atoms with Crippen LogP contribution in [0.4, 0.5) is 0 Å². The molecule has 2 aliphatic rings. The van der Waals surface area contributed by atoms with Crippen LogP contribution in [0, 0.1) is 6.92 Å². The Bertz CT molecular complexity index is 990. The molecule has 1 heterocycles. The summed E-state index contributed by atoms with van der Waals surface area (Å²) in [6.07, 6.45) is 3.67. The number of fused-ring (bicyclic) bond motifs is 1. The predicted octanol–water partition coefficient (Wildman–Crippen LogP) is 3.89. The van der Waals surface area contributed by atoms with Gasteiger partial charge in [0.05, 0.1) is 12.5 Å². The molecule has 2 N–H and O–H groups in total. The van der Waals surface area contributed by atoms with E-state index in [4.69, 9.17) is 10.5 Å². The maximum absolute atomic E-state index is 13.0. The summed E-state index contributed by atoms with van der Waals surface area (Å²) < 4.78 is 5.55. The maximum Gasteiger partial charge on any atom is 0.254 e. The van der Waals surface area contributed by atoms with Crippen molar-refractivity contribution in [1.82, 2.24) is 4.90 Å². The number of hydrogen-bond donors (Lipinski definition) is 1. The van der Waals surface area contributed by atoms with Gasteiger partial charge in [0.2, 0.25) is 5.91 Å². The number of carbonyl (C=O) groups is 2. The van der Waals surface area contributed by atoms with Crippen molar-refractivity contribution < 1.29 is 14.3 Å². The molecule has 1 fully saturated rings. The molecule has 0 aromatic heterocycles. The first-order valence-electron chi connectivity index (χ1n) is 10.8. The second-order valence-corrected chi connectivity index (χ2v) is 8.59. The lowest BCUT2D eigenvalue weighted by Crippen LogP contribution is -2.48. The second-order valence-electron chi connectivity index (χ2n) is 8.59. The van der Waals surface area contributed by atoms with Crippen molar-refractivity contribution in [1.29, 1.82) is 0 Å². The molecule has 1 aliphatic heterocycles. The molecule has 158 valence electrons. The van der Waals surface area contributed by atoms with Crippen LogP contribution in [0.2, 0.25) is 0 Å². The highest BCUT2D eigenvalue weighted by atomic mass is 16.5. The van der Waals surface area contributed by atoms with E-state index in [0.717, 1.165) is 52.8 Å². The molecule has 0 atom stereocenters. The van der Waals surface area contributed by atoms with Crippen LogP contribution < -0.4 is 10.5 Å². The van der Waals surface area contributed by atoms with Crippen LogP contribution in [0.15, 0.2) is 36.4 Å². The molecule has 0 saturated heterocycles. The van der Waals surface area contributed by atoms with Crippen LogP contribution in [0.25, 0.3) is 0 Å². The Morgan fingerprint density at radius 1 is 1.23 bits per heavy atom. The minimum Gasteiger partial charge on any atom is -0.496 e. The number of hydrogen-bond acceptors (Lipinski definition) is 3. The molecule has 5 nitrogen and oxygen atoms in total. The van der Waals surface area contributed by atoms with Crippen molar-refractivity contribution in [2.75, 3.05) is 7.11 Å². The molecule has 0 radical (unpaired) electrons. The van der Waals surface area contributed by atoms with Crippen LogP contribution in [-0.2, 0) is 23.2 Å². The van der Waals surface area contributed by atoms with E-state index < -0.39 is 5.41 Å². The maximum atomic E-state index is 13.0. The summed E-state index contributed by atoms with van der Waals surface area (Å²) in [7, 11) is 1.66. The van der Waals surface area contributed by atoms with E-state index in [2.05, 4.69) is 19.9 Å². The molecule has 0 unspecified atom stereocenters. The van der Waals surface area contributed by atoms with E-state index in [9.17, 15) is 9.59 Å². The van der Waals surface area contributed by atoms with Gasteiger partial charge in [-0.2, -0.15) is 0 Å². The summed E-state index contributed by atoms with van der Waals surface area (Å²) in [5, 5.41) is 0. The van der Waals surface area contributed by atoms with Gasteiger partial charge in [0.1, 0.15) is 5.75 Å². The first-order valence-corrected chi connectivity index (χ1v) is 10.8. The lowest BCUT2D eigenvalue weighted by molar-refractivity contribution is -0.125. The van der Waals surface area contributed by atoms with Crippen molar-refractivity contribution in [3.8, 4) is 5.75 Å². The molecule has 2 amide bonds. The zero-order chi connectivity index (χ0) is 21.5. The number of primary amides is 1. The molecule has 4 rings (SSSR count). The van der Waals surface area contributed by atoms with Gasteiger partial charge in [-0.05, 0) is 73.4 Å². The zero-order valence-corrected chi connectivity index (χ0v) is 18.0. The molecular formula is C25H30N2O3. The fraction of sp³-hybridized carbons (Fsp3) is 0.440. The third kappa shape index (κ3) is 3.17. The SMILES string of the molecule is CCc1ccc(C2(C(N)=O)CCC(N3Cc4c(C)cccc4C3=O)CC2)cc1OC. The highest BCUT2D eigenvalue weighted by molar-refractivity contribution is 5.99. The van der Waals surface area contributed by atoms with E-state index in [0.29, 0.717) is 19.4 Å². The molecule has 30 heavy (non-hydrogen) atoms. The molecule has 2 aromatic rings. The van der Waals surface area contributed by atoms with Gasteiger partial charge in [0.15, 0.2) is 0 Å². The standard InChI is InChI=1S/C25H30N2O3/c1-4-17-8-9-18(14-22(17)30-3)25(24(26)29)12-10-19(11-13-25)27-15-21-16(2)6-5-7-20(21)23(27)28/h5-9,14,19H,4,10-13,15H2,1-3H3,(H2,26,29). The Hall–Kier alpha value is -2.82. The number of nitrogens with two attached hydrogens (primary N) is 1. The average Bonchev–Trinajstić information content (AvgIpc) is 3.11. The van der Waals surface area contributed by atoms with E-state index in [1.54, 1.807) is 7.11 Å². The van der Waals surface area contributed by atoms with Crippen LogP contribution in [-0.4, -0.2) is 29.9 Å². The Balaban J connectivity index is 1.57. The number of methoxy groups -OCH3 is 1. The monoisotopic (exact) mass is 406 g/mol. The normalized spacial score (nSPS) is 23.4. The number of ether oxygens (including phenoxy) is 1. The number of aryl methyl sites for hydroxylation is 2. The Kier molecular flexibility index (Phi) is 5.31. The summed E-state index contributed by atoms with van der Waals surface area (Å²) in [6.45, 7) is 4.80. The number of nitrogens with zero attached hydrogens (tertiary/aromatic N) is 1. The summed E-state index contributed by atoms with van der Waals surface area (Å²) in [6, 6.07) is 12.1. The quantitative estimate of drug-likeness (QED) is 0.819. The number of carbonyl (C=O) groups excluding carboxylic acids is 2. The molecule has 0 spiro atoms. The molecular weight excluding hydrogens is 376 g/mol. The van der Waals surface area contributed by atoms with Crippen molar-refractivity contribution in [3.05, 3.63) is 64.2 Å². The lowest BCUT2D eigenvalue weighted by atomic mass is 9.67. The predicted molar refractivity (Wildman–Crippen MR) is 117 cm³/mol. The fourth-order valence-corrected chi connectivity index (χ4v) is 5.22. The summed E-state index contributed by atoms with van der Waals surface area (Å²) in [5.74, 6) is 0.622. The van der Waals surface area contributed by atoms with Crippen LogP contribution >= 0.6 is 0 Å². The van der Waals surface area contributed by atoms with Gasteiger partial charge in [-0.25, -0.2) is 0 Å². The van der Waals surface area contributed by atoms with Gasteiger partial charge in [-0.1, -0.05) is 31.2 Å². The summed E-state index contributed by atoms with van der Waals surface area (Å²) >= 11 is 0. The van der Waals surface area contributed by atoms with Gasteiger partial charge in [0.25, 0.3) is 5.91 Å². The average molecular weight is 407 g/mol. The topological polar surface area (TPSA) is 72.6 Å². The molecule has 1 aliphatic carbocycles. The van der Waals surface area contributed by atoms with E-state index in [1.165, 1.54) is 0 Å². The van der Waals surface area contributed by atoms with Crippen molar-refractivity contribution in [2.45, 2.75) is 64.0 Å². The van der Waals surface area contributed by atoms with Crippen molar-refractivity contribution in [3.63, 3.8) is 0 Å². The molecule has 5 heteroatoms. The second kappa shape index (κ2) is 7.78. The zero-order valence-electron chi connectivity index (χ0n) is 18.0. The van der Waals surface area contributed by atoms with Crippen LogP contribution in [0.3, 0.4) is 0 Å². The van der Waals surface area contributed by atoms with Crippen LogP contribution in [0.1, 0.15) is 65.2 Å². The third-order valence-corrected chi connectivity index (χ3v) is 7.17. The van der Waals surface area contributed by atoms with E-state index in [1.807, 2.05) is 35.2 Å². The number of benzene rings is 2. The van der Waals surface area contributed by atoms with Gasteiger partial charge in [0, 0.05) is 18.2 Å². The number of rotatable bonds is 5. The minimum absolute atomic E-state index is 0.110. The molecule has 1 saturated carbocycles. The highest BCUT2D eigenvalue weighted by Gasteiger charge is 2.45. The number of amides is 2. The van der Waals surface area contributed by atoms with Crippen molar-refractivity contribution in [2.24, 2.45) is 5.73 Å². The molecule has 2 aromatic carbocycles. The van der Waals surface area contributed by atoms with E-state index in [-0.39, 0.29) is 17.9 Å². The first-order chi connectivity index (χ1) is 14.4. The Morgan fingerprint density at radius 3 is 2.57 bits per heavy atom. The lowest BCUT2D eigenvalue weighted by Gasteiger charge is -2.41. The summed E-state index contributed by atoms with van der Waals surface area (Å²) in [5.41, 5.74) is 10.4. The van der Waals surface area contributed by atoms with Gasteiger partial charge < -0.3 is 15.4 Å². The van der Waals surface area contributed by atoms with Gasteiger partial charge in [-0.15, -0.1) is 0 Å². The van der Waals surface area contributed by atoms with Crippen molar-refractivity contribution >= 4 is 11.8 Å². The van der Waals surface area contributed by atoms with E-state index >= 15 is 0 Å². The third-order valence-electron chi connectivity index (χ3n) is 7.17. The Morgan fingerprint density at radius 2 is 1.97 bits per heavy atom. The van der Waals surface area contributed by atoms with Gasteiger partial charge >= 0.3 is 0 Å². The molecule has 0 bridgehead atoms. The summed E-state index contributed by atoms with van der Waals surface area (Å²) in [4.78, 5) is 27.6. The Labute approximate surface area is 178 Å². The smallest absolute Gasteiger partial charge is 0.254 e.